The van der Waals surface area contributed by atoms with Crippen molar-refractivity contribution in [1.82, 2.24) is 10.2 Å². The minimum Gasteiger partial charge on any atom is -0.352 e. The number of hydrogen-bond acceptors (Lipinski definition) is 2. The van der Waals surface area contributed by atoms with Gasteiger partial charge in [0.15, 0.2) is 0 Å². The van der Waals surface area contributed by atoms with Gasteiger partial charge in [-0.1, -0.05) is 0 Å². The summed E-state index contributed by atoms with van der Waals surface area (Å²) in [4.78, 5) is 14.6. The van der Waals surface area contributed by atoms with E-state index >= 15 is 0 Å². The van der Waals surface area contributed by atoms with Gasteiger partial charge >= 0.3 is 0 Å². The van der Waals surface area contributed by atoms with Crippen molar-refractivity contribution >= 4 is 28.5 Å². The zero-order valence-corrected chi connectivity index (χ0v) is 14.5. The number of carbonyl (C=O) groups excluding carboxylic acids is 1. The molecule has 2 fully saturated rings. The lowest BCUT2D eigenvalue weighted by atomic mass is 10.1. The lowest BCUT2D eigenvalue weighted by molar-refractivity contribution is 0.0952. The average Bonchev–Trinajstić information content (AvgIpc) is 3.10. The third-order valence-corrected chi connectivity index (χ3v) is 5.51. The van der Waals surface area contributed by atoms with E-state index in [-0.39, 0.29) is 5.91 Å². The molecule has 2 bridgehead atoms. The van der Waals surface area contributed by atoms with E-state index in [1.165, 1.54) is 38.8 Å². The molecule has 1 aromatic carbocycles. The Kier molecular flexibility index (Phi) is 5.16. The Bertz CT molecular complexity index is 488. The van der Waals surface area contributed by atoms with Gasteiger partial charge < -0.3 is 10.2 Å². The highest BCUT2D eigenvalue weighted by Crippen LogP contribution is 2.37. The molecular formula is C17H23IN2O. The number of fused-ring (bicyclic) bond motifs is 2. The Balaban J connectivity index is 1.31. The van der Waals surface area contributed by atoms with Crippen LogP contribution in [0.5, 0.6) is 0 Å². The van der Waals surface area contributed by atoms with Crippen molar-refractivity contribution < 1.29 is 4.79 Å². The monoisotopic (exact) mass is 398 g/mol. The molecule has 3 rings (SSSR count). The summed E-state index contributed by atoms with van der Waals surface area (Å²) in [5, 5.41) is 3.02. The van der Waals surface area contributed by atoms with Crippen molar-refractivity contribution in [3.8, 4) is 0 Å². The fourth-order valence-electron chi connectivity index (χ4n) is 3.65. The molecular weight excluding hydrogens is 375 g/mol. The molecule has 0 spiro atoms. The Morgan fingerprint density at radius 2 is 2.05 bits per heavy atom. The topological polar surface area (TPSA) is 32.3 Å². The Morgan fingerprint density at radius 1 is 1.24 bits per heavy atom. The molecule has 1 aromatic rings. The Labute approximate surface area is 140 Å². The Hall–Kier alpha value is -0.620. The molecule has 4 heteroatoms. The molecule has 0 radical (unpaired) electrons. The van der Waals surface area contributed by atoms with Gasteiger partial charge in [0.25, 0.3) is 5.91 Å². The number of rotatable bonds is 6. The van der Waals surface area contributed by atoms with Crippen LogP contribution in [0.25, 0.3) is 0 Å². The van der Waals surface area contributed by atoms with Gasteiger partial charge in [-0.2, -0.15) is 0 Å². The first-order valence-electron chi connectivity index (χ1n) is 8.00. The highest BCUT2D eigenvalue weighted by atomic mass is 127. The predicted molar refractivity (Wildman–Crippen MR) is 93.4 cm³/mol. The zero-order chi connectivity index (χ0) is 14.7. The van der Waals surface area contributed by atoms with E-state index in [9.17, 15) is 4.79 Å². The van der Waals surface area contributed by atoms with Gasteiger partial charge in [-0.25, -0.2) is 0 Å². The normalized spacial score (nSPS) is 24.4. The summed E-state index contributed by atoms with van der Waals surface area (Å²) in [6, 6.07) is 8.59. The quantitative estimate of drug-likeness (QED) is 0.589. The van der Waals surface area contributed by atoms with Gasteiger partial charge in [0.1, 0.15) is 0 Å². The number of carbonyl (C=O) groups is 1. The molecule has 1 saturated heterocycles. The summed E-state index contributed by atoms with van der Waals surface area (Å²) in [7, 11) is 0. The van der Waals surface area contributed by atoms with Crippen LogP contribution in [0.2, 0.25) is 0 Å². The van der Waals surface area contributed by atoms with Gasteiger partial charge in [-0.05, 0) is 91.4 Å². The summed E-state index contributed by atoms with van der Waals surface area (Å²) in [5.74, 6) is 1.03. The molecule has 1 heterocycles. The first kappa shape index (κ1) is 15.3. The molecule has 2 atom stereocenters. The van der Waals surface area contributed by atoms with Gasteiger partial charge in [0.05, 0.1) is 0 Å². The number of nitrogens with one attached hydrogen (secondary N) is 1. The number of nitrogens with zero attached hydrogens (tertiary/aromatic N) is 1. The maximum absolute atomic E-state index is 12.0. The van der Waals surface area contributed by atoms with Crippen LogP contribution in [-0.2, 0) is 0 Å². The number of likely N-dealkylation sites (tertiary alicyclic amines) is 1. The summed E-state index contributed by atoms with van der Waals surface area (Å²) < 4.78 is 1.16. The molecule has 3 nitrogen and oxygen atoms in total. The largest absolute Gasteiger partial charge is 0.352 e. The third-order valence-electron chi connectivity index (χ3n) is 4.79. The summed E-state index contributed by atoms with van der Waals surface area (Å²) >= 11 is 2.25. The maximum atomic E-state index is 12.0. The molecule has 1 aliphatic carbocycles. The van der Waals surface area contributed by atoms with Gasteiger partial charge in [-0.3, -0.25) is 4.79 Å². The molecule has 1 saturated carbocycles. The second-order valence-corrected chi connectivity index (χ2v) is 7.54. The highest BCUT2D eigenvalue weighted by molar-refractivity contribution is 14.1. The zero-order valence-electron chi connectivity index (χ0n) is 12.4. The summed E-state index contributed by atoms with van der Waals surface area (Å²) in [6.45, 7) is 3.31. The molecule has 2 aliphatic rings. The van der Waals surface area contributed by atoms with Crippen LogP contribution in [0.4, 0.5) is 0 Å². The van der Waals surface area contributed by atoms with Crippen LogP contribution in [0.3, 0.4) is 0 Å². The van der Waals surface area contributed by atoms with Crippen molar-refractivity contribution in [2.75, 3.05) is 19.6 Å². The average molecular weight is 398 g/mol. The van der Waals surface area contributed by atoms with E-state index in [4.69, 9.17) is 0 Å². The number of halogens is 1. The first-order chi connectivity index (χ1) is 10.2. The molecule has 114 valence electrons. The van der Waals surface area contributed by atoms with E-state index < -0.39 is 0 Å². The molecule has 1 amide bonds. The van der Waals surface area contributed by atoms with Crippen molar-refractivity contribution in [3.05, 3.63) is 33.4 Å². The van der Waals surface area contributed by atoms with Gasteiger partial charge in [0, 0.05) is 28.3 Å². The molecule has 0 aromatic heterocycles. The summed E-state index contributed by atoms with van der Waals surface area (Å²) in [5.41, 5.74) is 0.757. The highest BCUT2D eigenvalue weighted by Gasteiger charge is 2.36. The lowest BCUT2D eigenvalue weighted by Crippen LogP contribution is -2.33. The van der Waals surface area contributed by atoms with Crippen molar-refractivity contribution in [3.63, 3.8) is 0 Å². The number of unbranched alkanes of at least 4 members (excludes halogenated alkanes) is 1. The van der Waals surface area contributed by atoms with Gasteiger partial charge in [-0.15, -0.1) is 0 Å². The van der Waals surface area contributed by atoms with Crippen LogP contribution in [0.1, 0.15) is 42.5 Å². The van der Waals surface area contributed by atoms with Crippen molar-refractivity contribution in [2.45, 2.75) is 38.1 Å². The molecule has 1 aliphatic heterocycles. The minimum atomic E-state index is 0.0478. The van der Waals surface area contributed by atoms with Crippen LogP contribution < -0.4 is 5.32 Å². The standard InChI is InChI=1S/C17H23IN2O/c18-15-6-4-14(5-7-15)17(21)19-9-1-2-10-20-12-13-3-8-16(20)11-13/h4-7,13,16H,1-3,8-12H2,(H,19,21)/t13-,16+/m1/s1. The van der Waals surface area contributed by atoms with E-state index in [0.717, 1.165) is 34.1 Å². The number of benzene rings is 1. The summed E-state index contributed by atoms with van der Waals surface area (Å²) in [6.07, 6.45) is 6.56. The smallest absolute Gasteiger partial charge is 0.251 e. The third kappa shape index (κ3) is 3.97. The second-order valence-electron chi connectivity index (χ2n) is 6.30. The van der Waals surface area contributed by atoms with Crippen LogP contribution in [-0.4, -0.2) is 36.5 Å². The van der Waals surface area contributed by atoms with E-state index in [2.05, 4.69) is 32.8 Å². The number of hydrogen-bond donors (Lipinski definition) is 1. The van der Waals surface area contributed by atoms with Crippen LogP contribution in [0.15, 0.2) is 24.3 Å². The minimum absolute atomic E-state index is 0.0478. The molecule has 21 heavy (non-hydrogen) atoms. The molecule has 0 unspecified atom stereocenters. The van der Waals surface area contributed by atoms with Crippen molar-refractivity contribution in [1.29, 1.82) is 0 Å². The number of amides is 1. The van der Waals surface area contributed by atoms with E-state index in [1.54, 1.807) is 0 Å². The van der Waals surface area contributed by atoms with Gasteiger partial charge in [0.2, 0.25) is 0 Å². The van der Waals surface area contributed by atoms with Crippen molar-refractivity contribution in [2.24, 2.45) is 5.92 Å². The lowest BCUT2D eigenvalue weighted by Gasteiger charge is -2.26. The van der Waals surface area contributed by atoms with E-state index in [0.29, 0.717) is 0 Å². The fraction of sp³-hybridized carbons (Fsp3) is 0.588. The van der Waals surface area contributed by atoms with Crippen LogP contribution in [0, 0.1) is 9.49 Å². The van der Waals surface area contributed by atoms with Crippen LogP contribution >= 0.6 is 22.6 Å². The fourth-order valence-corrected chi connectivity index (χ4v) is 4.01. The SMILES string of the molecule is O=C(NCCCCN1C[C@@H]2CC[C@H]1C2)c1ccc(I)cc1. The second kappa shape index (κ2) is 7.09. The molecule has 1 N–H and O–H groups in total. The predicted octanol–water partition coefficient (Wildman–Crippen LogP) is 3.29. The first-order valence-corrected chi connectivity index (χ1v) is 9.08. The van der Waals surface area contributed by atoms with E-state index in [1.807, 2.05) is 24.3 Å². The Morgan fingerprint density at radius 3 is 2.71 bits per heavy atom. The number of piperidine rings is 1. The maximum Gasteiger partial charge on any atom is 0.251 e.